The summed E-state index contributed by atoms with van der Waals surface area (Å²) in [5.41, 5.74) is 0.902. The molecule has 2 aromatic carbocycles. The van der Waals surface area contributed by atoms with Crippen LogP contribution in [0.25, 0.3) is 0 Å². The number of carbonyl (C=O) groups is 1. The van der Waals surface area contributed by atoms with Crippen LogP contribution >= 0.6 is 0 Å². The zero-order valence-electron chi connectivity index (χ0n) is 15.6. The molecule has 0 bridgehead atoms. The summed E-state index contributed by atoms with van der Waals surface area (Å²) in [6.07, 6.45) is 0. The van der Waals surface area contributed by atoms with Crippen LogP contribution in [0.3, 0.4) is 0 Å². The summed E-state index contributed by atoms with van der Waals surface area (Å²) in [4.78, 5) is 23.2. The quantitative estimate of drug-likeness (QED) is 0.422. The first-order valence-corrected chi connectivity index (χ1v) is 8.41. The van der Waals surface area contributed by atoms with Crippen molar-refractivity contribution in [2.24, 2.45) is 0 Å². The van der Waals surface area contributed by atoms with E-state index in [1.165, 1.54) is 26.4 Å². The van der Waals surface area contributed by atoms with Gasteiger partial charge in [0.1, 0.15) is 25.4 Å². The van der Waals surface area contributed by atoms with E-state index >= 15 is 0 Å². The van der Waals surface area contributed by atoms with Gasteiger partial charge in [-0.3, -0.25) is 10.1 Å². The van der Waals surface area contributed by atoms with Crippen LogP contribution in [0.15, 0.2) is 24.3 Å². The highest BCUT2D eigenvalue weighted by molar-refractivity contribution is 5.95. The molecule has 0 spiro atoms. The summed E-state index contributed by atoms with van der Waals surface area (Å²) in [6.45, 7) is 2.32. The lowest BCUT2D eigenvalue weighted by Crippen LogP contribution is -2.17. The number of benzene rings is 2. The molecule has 0 amide bonds. The molecule has 0 aromatic heterocycles. The molecule has 2 aromatic rings. The van der Waals surface area contributed by atoms with Crippen molar-refractivity contribution in [1.82, 2.24) is 0 Å². The van der Waals surface area contributed by atoms with Gasteiger partial charge in [0.05, 0.1) is 25.2 Å². The Morgan fingerprint density at radius 3 is 2.29 bits per heavy atom. The van der Waals surface area contributed by atoms with E-state index in [-0.39, 0.29) is 30.3 Å². The predicted octanol–water partition coefficient (Wildman–Crippen LogP) is 3.05. The number of nitro benzene ring substituents is 1. The van der Waals surface area contributed by atoms with Gasteiger partial charge in [0.2, 0.25) is 0 Å². The van der Waals surface area contributed by atoms with Gasteiger partial charge in [0, 0.05) is 6.07 Å². The highest BCUT2D eigenvalue weighted by atomic mass is 16.6. The molecule has 9 heteroatoms. The van der Waals surface area contributed by atoms with Crippen LogP contribution in [0.1, 0.15) is 21.5 Å². The smallest absolute Gasteiger partial charge is 0.345 e. The fourth-order valence-corrected chi connectivity index (χ4v) is 2.79. The summed E-state index contributed by atoms with van der Waals surface area (Å²) in [5, 5.41) is 11.4. The maximum atomic E-state index is 12.5. The molecule has 0 radical (unpaired) electrons. The van der Waals surface area contributed by atoms with E-state index in [2.05, 4.69) is 0 Å². The number of ether oxygens (including phenoxy) is 5. The van der Waals surface area contributed by atoms with E-state index in [0.717, 1.165) is 5.56 Å². The van der Waals surface area contributed by atoms with Crippen LogP contribution in [-0.4, -0.2) is 38.3 Å². The summed E-state index contributed by atoms with van der Waals surface area (Å²) in [6, 6.07) is 5.90. The molecule has 148 valence electrons. The average Bonchev–Trinajstić information content (AvgIpc) is 2.71. The maximum Gasteiger partial charge on any atom is 0.345 e. The second-order valence-corrected chi connectivity index (χ2v) is 5.98. The van der Waals surface area contributed by atoms with E-state index in [4.69, 9.17) is 23.7 Å². The molecule has 0 fully saturated rings. The molecule has 0 saturated heterocycles. The predicted molar refractivity (Wildman–Crippen MR) is 97.5 cm³/mol. The van der Waals surface area contributed by atoms with Crippen molar-refractivity contribution in [2.45, 2.75) is 13.5 Å². The Morgan fingerprint density at radius 1 is 1.07 bits per heavy atom. The standard InChI is InChI=1S/C19H19NO8/c1-11-6-15(24-2)16(25-3)7-12(11)10-28-19(21)13-8-17-18(27-5-4-26-17)9-14(13)20(22)23/h6-9H,4-5,10H2,1-3H3. The van der Waals surface area contributed by atoms with Gasteiger partial charge in [0.15, 0.2) is 23.0 Å². The van der Waals surface area contributed by atoms with Crippen molar-refractivity contribution in [1.29, 1.82) is 0 Å². The molecule has 0 atom stereocenters. The Labute approximate surface area is 160 Å². The molecule has 0 aliphatic carbocycles. The molecule has 1 aliphatic heterocycles. The first-order valence-electron chi connectivity index (χ1n) is 8.41. The average molecular weight is 389 g/mol. The lowest BCUT2D eigenvalue weighted by atomic mass is 10.1. The van der Waals surface area contributed by atoms with Crippen LogP contribution in [0.5, 0.6) is 23.0 Å². The lowest BCUT2D eigenvalue weighted by Gasteiger charge is -2.18. The number of esters is 1. The molecule has 28 heavy (non-hydrogen) atoms. The van der Waals surface area contributed by atoms with Gasteiger partial charge < -0.3 is 23.7 Å². The van der Waals surface area contributed by atoms with Gasteiger partial charge in [-0.15, -0.1) is 0 Å². The monoisotopic (exact) mass is 389 g/mol. The van der Waals surface area contributed by atoms with E-state index in [1.54, 1.807) is 12.1 Å². The molecular formula is C19H19NO8. The first-order chi connectivity index (χ1) is 13.4. The second-order valence-electron chi connectivity index (χ2n) is 5.98. The van der Waals surface area contributed by atoms with Gasteiger partial charge in [0.25, 0.3) is 5.69 Å². The van der Waals surface area contributed by atoms with E-state index in [9.17, 15) is 14.9 Å². The Morgan fingerprint density at radius 2 is 1.68 bits per heavy atom. The Balaban J connectivity index is 1.85. The van der Waals surface area contributed by atoms with Crippen molar-refractivity contribution >= 4 is 11.7 Å². The summed E-state index contributed by atoms with van der Waals surface area (Å²) < 4.78 is 26.5. The number of hydrogen-bond donors (Lipinski definition) is 0. The molecule has 0 N–H and O–H groups in total. The van der Waals surface area contributed by atoms with Crippen LogP contribution in [0, 0.1) is 17.0 Å². The van der Waals surface area contributed by atoms with Crippen molar-refractivity contribution in [3.63, 3.8) is 0 Å². The first kappa shape index (κ1) is 19.3. The third-order valence-corrected chi connectivity index (χ3v) is 4.28. The zero-order valence-corrected chi connectivity index (χ0v) is 15.6. The topological polar surface area (TPSA) is 106 Å². The maximum absolute atomic E-state index is 12.5. The number of carbonyl (C=O) groups excluding carboxylic acids is 1. The number of hydrogen-bond acceptors (Lipinski definition) is 8. The number of rotatable bonds is 6. The minimum Gasteiger partial charge on any atom is -0.493 e. The third-order valence-electron chi connectivity index (χ3n) is 4.28. The Hall–Kier alpha value is -3.49. The molecule has 9 nitrogen and oxygen atoms in total. The zero-order chi connectivity index (χ0) is 20.3. The summed E-state index contributed by atoms with van der Waals surface area (Å²) in [7, 11) is 3.03. The molecule has 1 heterocycles. The minimum atomic E-state index is -0.835. The van der Waals surface area contributed by atoms with Crippen LogP contribution in [0.2, 0.25) is 0 Å². The number of aryl methyl sites for hydroxylation is 1. The Bertz CT molecular complexity index is 925. The molecular weight excluding hydrogens is 370 g/mol. The van der Waals surface area contributed by atoms with Crippen LogP contribution in [-0.2, 0) is 11.3 Å². The number of nitro groups is 1. The third kappa shape index (κ3) is 3.78. The van der Waals surface area contributed by atoms with Crippen LogP contribution < -0.4 is 18.9 Å². The normalized spacial score (nSPS) is 12.2. The van der Waals surface area contributed by atoms with Crippen molar-refractivity contribution in [2.75, 3.05) is 27.4 Å². The fraction of sp³-hybridized carbons (Fsp3) is 0.316. The van der Waals surface area contributed by atoms with Crippen molar-refractivity contribution in [3.8, 4) is 23.0 Å². The Kier molecular flexibility index (Phi) is 5.53. The summed E-state index contributed by atoms with van der Waals surface area (Å²) >= 11 is 0. The number of nitrogens with zero attached hydrogens (tertiary/aromatic N) is 1. The van der Waals surface area contributed by atoms with Gasteiger partial charge >= 0.3 is 5.97 Å². The van der Waals surface area contributed by atoms with Gasteiger partial charge in [-0.25, -0.2) is 4.79 Å². The molecule has 1 aliphatic rings. The molecule has 0 saturated carbocycles. The van der Waals surface area contributed by atoms with Gasteiger partial charge in [-0.05, 0) is 30.2 Å². The molecule has 3 rings (SSSR count). The summed E-state index contributed by atoms with van der Waals surface area (Å²) in [5.74, 6) is 0.705. The minimum absolute atomic E-state index is 0.0867. The lowest BCUT2D eigenvalue weighted by molar-refractivity contribution is -0.385. The van der Waals surface area contributed by atoms with E-state index in [1.807, 2.05) is 6.92 Å². The number of fused-ring (bicyclic) bond motifs is 1. The second kappa shape index (κ2) is 8.03. The fourth-order valence-electron chi connectivity index (χ4n) is 2.79. The van der Waals surface area contributed by atoms with E-state index < -0.39 is 16.6 Å². The van der Waals surface area contributed by atoms with Gasteiger partial charge in [-0.1, -0.05) is 0 Å². The highest BCUT2D eigenvalue weighted by Gasteiger charge is 2.27. The SMILES string of the molecule is COc1cc(C)c(COC(=O)c2cc3c(cc2[N+](=O)[O-])OCCO3)cc1OC. The molecule has 0 unspecified atom stereocenters. The van der Waals surface area contributed by atoms with Crippen molar-refractivity contribution in [3.05, 3.63) is 51.1 Å². The highest BCUT2D eigenvalue weighted by Crippen LogP contribution is 2.37. The van der Waals surface area contributed by atoms with Crippen molar-refractivity contribution < 1.29 is 33.4 Å². The van der Waals surface area contributed by atoms with Crippen LogP contribution in [0.4, 0.5) is 5.69 Å². The van der Waals surface area contributed by atoms with Gasteiger partial charge in [-0.2, -0.15) is 0 Å². The largest absolute Gasteiger partial charge is 0.493 e. The van der Waals surface area contributed by atoms with E-state index in [0.29, 0.717) is 23.7 Å². The number of methoxy groups -OCH3 is 2.